The van der Waals surface area contributed by atoms with E-state index in [2.05, 4.69) is 20.0 Å². The highest BCUT2D eigenvalue weighted by molar-refractivity contribution is 6.31. The van der Waals surface area contributed by atoms with E-state index in [0.29, 0.717) is 22.8 Å². The number of hydrogen-bond donors (Lipinski definition) is 0. The average molecular weight is 460 g/mol. The normalized spacial score (nSPS) is 17.3. The smallest absolute Gasteiger partial charge is 0.170 e. The van der Waals surface area contributed by atoms with Gasteiger partial charge in [0.25, 0.3) is 0 Å². The van der Waals surface area contributed by atoms with Gasteiger partial charge in [0.2, 0.25) is 0 Å². The molecule has 2 aromatic carbocycles. The summed E-state index contributed by atoms with van der Waals surface area (Å²) in [6.07, 6.45) is 5.26. The van der Waals surface area contributed by atoms with E-state index in [1.807, 2.05) is 54.2 Å². The number of piperidine rings is 1. The second-order valence-electron chi connectivity index (χ2n) is 8.80. The van der Waals surface area contributed by atoms with Crippen LogP contribution in [0.3, 0.4) is 0 Å². The summed E-state index contributed by atoms with van der Waals surface area (Å²) in [5.74, 6) is 1.64. The summed E-state index contributed by atoms with van der Waals surface area (Å²) < 4.78 is 8.33. The van der Waals surface area contributed by atoms with Gasteiger partial charge in [0.1, 0.15) is 23.5 Å². The van der Waals surface area contributed by atoms with Crippen LogP contribution in [-0.2, 0) is 0 Å². The van der Waals surface area contributed by atoms with Gasteiger partial charge in [-0.25, -0.2) is 14.6 Å². The second kappa shape index (κ2) is 7.56. The first-order chi connectivity index (χ1) is 16.0. The Morgan fingerprint density at radius 3 is 2.67 bits per heavy atom. The Kier molecular flexibility index (Phi) is 4.62. The summed E-state index contributed by atoms with van der Waals surface area (Å²) in [5.41, 5.74) is 2.74. The minimum Gasteiger partial charge on any atom is -0.486 e. The molecule has 2 aromatic heterocycles. The summed E-state index contributed by atoms with van der Waals surface area (Å²) in [4.78, 5) is 24.3. The topological polar surface area (TPSA) is 73.1 Å². The predicted octanol–water partition coefficient (Wildman–Crippen LogP) is 4.78. The molecular formula is C25H22ClN5O2. The maximum atomic E-state index is 12.9. The number of halogens is 1. The Morgan fingerprint density at radius 2 is 1.88 bits per heavy atom. The Balaban J connectivity index is 1.28. The van der Waals surface area contributed by atoms with Crippen LogP contribution in [0.4, 0.5) is 5.82 Å². The van der Waals surface area contributed by atoms with Crippen LogP contribution in [0.15, 0.2) is 55.0 Å². The fourth-order valence-corrected chi connectivity index (χ4v) is 5.23. The molecule has 0 atom stereocenters. The fraction of sp³-hybridized carbons (Fsp3) is 0.280. The summed E-state index contributed by atoms with van der Waals surface area (Å²) in [6.45, 7) is 3.41. The molecule has 8 heteroatoms. The fourth-order valence-electron chi connectivity index (χ4n) is 4.96. The molecule has 0 N–H and O–H groups in total. The number of hydrogen-bond acceptors (Lipinski definition) is 6. The van der Waals surface area contributed by atoms with Gasteiger partial charge in [-0.3, -0.25) is 4.79 Å². The van der Waals surface area contributed by atoms with Crippen molar-refractivity contribution < 1.29 is 9.53 Å². The number of ketones is 1. The zero-order valence-electron chi connectivity index (χ0n) is 18.2. The van der Waals surface area contributed by atoms with Gasteiger partial charge in [-0.2, -0.15) is 5.10 Å². The van der Waals surface area contributed by atoms with Gasteiger partial charge in [0.15, 0.2) is 11.4 Å². The molecule has 1 saturated heterocycles. The molecule has 7 nitrogen and oxygen atoms in total. The number of carbonyl (C=O) groups excluding carboxylic acids is 1. The van der Waals surface area contributed by atoms with Crippen molar-refractivity contribution in [3.63, 3.8) is 0 Å². The van der Waals surface area contributed by atoms with Crippen molar-refractivity contribution in [1.82, 2.24) is 19.7 Å². The summed E-state index contributed by atoms with van der Waals surface area (Å²) >= 11 is 6.17. The Bertz CT molecular complexity index is 1380. The summed E-state index contributed by atoms with van der Waals surface area (Å²) in [7, 11) is 0. The molecule has 0 aliphatic carbocycles. The van der Waals surface area contributed by atoms with Crippen molar-refractivity contribution in [2.24, 2.45) is 0 Å². The number of aryl methyl sites for hydroxylation is 1. The number of nitrogens with zero attached hydrogens (tertiary/aromatic N) is 5. The maximum Gasteiger partial charge on any atom is 0.170 e. The predicted molar refractivity (Wildman–Crippen MR) is 127 cm³/mol. The van der Waals surface area contributed by atoms with E-state index in [4.69, 9.17) is 16.3 Å². The first-order valence-corrected chi connectivity index (χ1v) is 11.4. The summed E-state index contributed by atoms with van der Waals surface area (Å²) in [5, 5.41) is 6.04. The molecule has 0 saturated carbocycles. The SMILES string of the molecule is Cc1cc(Cl)cc2c1OC1(CCN(c3ncnc4c3cnn4-c3ccccc3)CC1)CC2=O. The van der Waals surface area contributed by atoms with E-state index in [1.165, 1.54) is 0 Å². The monoisotopic (exact) mass is 459 g/mol. The van der Waals surface area contributed by atoms with E-state index in [0.717, 1.165) is 54.0 Å². The number of rotatable bonds is 2. The standard InChI is InChI=1S/C25H22ClN5O2/c1-16-11-17(26)12-19-21(32)13-25(33-22(16)19)7-9-30(10-8-25)23-20-14-29-31(24(20)28-15-27-23)18-5-3-2-4-6-18/h2-6,11-12,14-15H,7-10,13H2,1H3. The zero-order valence-corrected chi connectivity index (χ0v) is 18.9. The molecule has 166 valence electrons. The quantitative estimate of drug-likeness (QED) is 0.429. The molecular weight excluding hydrogens is 438 g/mol. The average Bonchev–Trinajstić information content (AvgIpc) is 3.26. The third-order valence-electron chi connectivity index (χ3n) is 6.66. The number of ether oxygens (including phenoxy) is 1. The minimum atomic E-state index is -0.487. The number of fused-ring (bicyclic) bond motifs is 2. The first-order valence-electron chi connectivity index (χ1n) is 11.0. The minimum absolute atomic E-state index is 0.101. The van der Waals surface area contributed by atoms with E-state index in [9.17, 15) is 4.79 Å². The van der Waals surface area contributed by atoms with E-state index < -0.39 is 5.60 Å². The largest absolute Gasteiger partial charge is 0.486 e. The lowest BCUT2D eigenvalue weighted by molar-refractivity contribution is 0.0225. The molecule has 33 heavy (non-hydrogen) atoms. The number of Topliss-reactive ketones (excluding diaryl/α,β-unsaturated/α-hetero) is 1. The van der Waals surface area contributed by atoms with Crippen molar-refractivity contribution in [2.75, 3.05) is 18.0 Å². The van der Waals surface area contributed by atoms with Crippen LogP contribution in [0.1, 0.15) is 35.2 Å². The lowest BCUT2D eigenvalue weighted by Gasteiger charge is -2.44. The molecule has 2 aliphatic heterocycles. The number of benzene rings is 2. The van der Waals surface area contributed by atoms with Gasteiger partial charge in [-0.1, -0.05) is 29.8 Å². The molecule has 4 heterocycles. The third kappa shape index (κ3) is 3.35. The molecule has 0 unspecified atom stereocenters. The number of para-hydroxylation sites is 1. The zero-order chi connectivity index (χ0) is 22.6. The highest BCUT2D eigenvalue weighted by atomic mass is 35.5. The van der Waals surface area contributed by atoms with Crippen molar-refractivity contribution >= 4 is 34.2 Å². The van der Waals surface area contributed by atoms with E-state index in [-0.39, 0.29) is 5.78 Å². The Morgan fingerprint density at radius 1 is 1.09 bits per heavy atom. The lowest BCUT2D eigenvalue weighted by Crippen LogP contribution is -2.51. The molecule has 1 spiro atoms. The van der Waals surface area contributed by atoms with Gasteiger partial charge in [0.05, 0.1) is 29.3 Å². The Labute approximate surface area is 196 Å². The van der Waals surface area contributed by atoms with Crippen molar-refractivity contribution in [3.05, 3.63) is 71.1 Å². The van der Waals surface area contributed by atoms with Gasteiger partial charge in [-0.15, -0.1) is 0 Å². The molecule has 0 bridgehead atoms. The van der Waals surface area contributed by atoms with Crippen molar-refractivity contribution in [3.8, 4) is 11.4 Å². The second-order valence-corrected chi connectivity index (χ2v) is 9.23. The van der Waals surface area contributed by atoms with Gasteiger partial charge in [-0.05, 0) is 36.8 Å². The molecule has 0 amide bonds. The first kappa shape index (κ1) is 20.2. The highest BCUT2D eigenvalue weighted by Gasteiger charge is 2.44. The van der Waals surface area contributed by atoms with Crippen LogP contribution >= 0.6 is 11.6 Å². The number of carbonyl (C=O) groups is 1. The Hall–Kier alpha value is -3.45. The van der Waals surface area contributed by atoms with Gasteiger partial charge < -0.3 is 9.64 Å². The van der Waals surface area contributed by atoms with Crippen LogP contribution in [0, 0.1) is 6.92 Å². The van der Waals surface area contributed by atoms with Gasteiger partial charge in [0, 0.05) is 31.0 Å². The lowest BCUT2D eigenvalue weighted by atomic mass is 9.82. The van der Waals surface area contributed by atoms with Gasteiger partial charge >= 0.3 is 0 Å². The maximum absolute atomic E-state index is 12.9. The number of anilines is 1. The van der Waals surface area contributed by atoms with E-state index >= 15 is 0 Å². The van der Waals surface area contributed by atoms with Crippen LogP contribution in [0.2, 0.25) is 5.02 Å². The number of aromatic nitrogens is 4. The molecule has 1 fully saturated rings. The van der Waals surface area contributed by atoms with E-state index in [1.54, 1.807) is 12.4 Å². The third-order valence-corrected chi connectivity index (χ3v) is 6.88. The molecule has 2 aliphatic rings. The van der Waals surface area contributed by atoms with Crippen LogP contribution in [-0.4, -0.2) is 44.2 Å². The van der Waals surface area contributed by atoms with Crippen molar-refractivity contribution in [1.29, 1.82) is 0 Å². The molecule has 0 radical (unpaired) electrons. The summed E-state index contributed by atoms with van der Waals surface area (Å²) in [6, 6.07) is 13.5. The molecule has 4 aromatic rings. The van der Waals surface area contributed by atoms with Crippen molar-refractivity contribution in [2.45, 2.75) is 31.8 Å². The molecule has 6 rings (SSSR count). The van der Waals surface area contributed by atoms with Crippen LogP contribution in [0.5, 0.6) is 5.75 Å². The van der Waals surface area contributed by atoms with Crippen LogP contribution in [0.25, 0.3) is 16.7 Å². The van der Waals surface area contributed by atoms with Crippen LogP contribution < -0.4 is 9.64 Å². The highest BCUT2D eigenvalue weighted by Crippen LogP contribution is 2.43.